The summed E-state index contributed by atoms with van der Waals surface area (Å²) in [5.74, 6) is 0.939. The minimum absolute atomic E-state index is 0.636. The predicted octanol–water partition coefficient (Wildman–Crippen LogP) is 4.91. The molecule has 126 valence electrons. The predicted molar refractivity (Wildman–Crippen MR) is 103 cm³/mol. The Morgan fingerprint density at radius 2 is 2.12 bits per heavy atom. The quantitative estimate of drug-likeness (QED) is 0.570. The molecule has 0 fully saturated rings. The number of aromatic nitrogens is 3. The van der Waals surface area contributed by atoms with Crippen molar-refractivity contribution in [3.05, 3.63) is 57.1 Å². The van der Waals surface area contributed by atoms with Gasteiger partial charge in [-0.15, -0.1) is 16.4 Å². The summed E-state index contributed by atoms with van der Waals surface area (Å²) in [6.45, 7) is 4.32. The molecule has 0 radical (unpaired) electrons. The molecule has 7 heteroatoms. The van der Waals surface area contributed by atoms with Gasteiger partial charge in [0.15, 0.2) is 10.6 Å². The highest BCUT2D eigenvalue weighted by Crippen LogP contribution is 2.23. The van der Waals surface area contributed by atoms with Gasteiger partial charge in [-0.05, 0) is 55.3 Å². The molecule has 0 amide bonds. The first kappa shape index (κ1) is 17.4. The van der Waals surface area contributed by atoms with Crippen molar-refractivity contribution in [3.63, 3.8) is 0 Å². The Balaban J connectivity index is 1.81. The highest BCUT2D eigenvalue weighted by Gasteiger charge is 2.13. The summed E-state index contributed by atoms with van der Waals surface area (Å²) < 4.78 is 4.71. The normalized spacial score (nSPS) is 11.3. The zero-order valence-corrected chi connectivity index (χ0v) is 16.0. The molecule has 0 spiro atoms. The Morgan fingerprint density at radius 3 is 2.79 bits per heavy atom. The smallest absolute Gasteiger partial charge is 0.199 e. The van der Waals surface area contributed by atoms with Gasteiger partial charge in [-0.3, -0.25) is 9.47 Å². The maximum atomic E-state index is 6.06. The van der Waals surface area contributed by atoms with Crippen LogP contribution in [0.4, 0.5) is 0 Å². The summed E-state index contributed by atoms with van der Waals surface area (Å²) in [6, 6.07) is 12.0. The van der Waals surface area contributed by atoms with Crippen molar-refractivity contribution in [2.24, 2.45) is 0 Å². The van der Waals surface area contributed by atoms with E-state index in [9.17, 15) is 0 Å². The highest BCUT2D eigenvalue weighted by molar-refractivity contribution is 7.71. The largest absolute Gasteiger partial charge is 0.300 e. The summed E-state index contributed by atoms with van der Waals surface area (Å²) in [4.78, 5) is 3.31. The number of halogens is 1. The van der Waals surface area contributed by atoms with Gasteiger partial charge < -0.3 is 0 Å². The molecule has 0 N–H and O–H groups in total. The van der Waals surface area contributed by atoms with E-state index in [1.807, 2.05) is 28.9 Å². The number of rotatable bonds is 6. The van der Waals surface area contributed by atoms with Crippen LogP contribution in [0.25, 0.3) is 10.7 Å². The zero-order valence-electron chi connectivity index (χ0n) is 13.6. The van der Waals surface area contributed by atoms with Gasteiger partial charge in [-0.2, -0.15) is 0 Å². The average molecular weight is 379 g/mol. The first-order valence-electron chi connectivity index (χ1n) is 7.73. The SMILES string of the molecule is CCn1c(-c2cccs2)nn(CN(C)Cc2cccc(Cl)c2)c1=S. The van der Waals surface area contributed by atoms with E-state index in [0.717, 1.165) is 33.6 Å². The molecule has 0 saturated heterocycles. The fourth-order valence-corrected chi connectivity index (χ4v) is 3.88. The van der Waals surface area contributed by atoms with E-state index in [2.05, 4.69) is 41.0 Å². The lowest BCUT2D eigenvalue weighted by atomic mass is 10.2. The Labute approximate surface area is 155 Å². The Morgan fingerprint density at radius 1 is 1.29 bits per heavy atom. The first-order valence-corrected chi connectivity index (χ1v) is 9.39. The molecule has 0 atom stereocenters. The molecule has 4 nitrogen and oxygen atoms in total. The second-order valence-corrected chi connectivity index (χ2v) is 7.36. The second kappa shape index (κ2) is 7.61. The van der Waals surface area contributed by atoms with E-state index < -0.39 is 0 Å². The average Bonchev–Trinajstić information content (AvgIpc) is 3.16. The van der Waals surface area contributed by atoms with E-state index in [4.69, 9.17) is 28.9 Å². The van der Waals surface area contributed by atoms with E-state index in [-0.39, 0.29) is 0 Å². The molecular weight excluding hydrogens is 360 g/mol. The molecule has 0 aliphatic heterocycles. The zero-order chi connectivity index (χ0) is 17.1. The monoisotopic (exact) mass is 378 g/mol. The van der Waals surface area contributed by atoms with Gasteiger partial charge in [0.1, 0.15) is 0 Å². The van der Waals surface area contributed by atoms with Gasteiger partial charge in [0.05, 0.1) is 11.5 Å². The fourth-order valence-electron chi connectivity index (χ4n) is 2.63. The highest BCUT2D eigenvalue weighted by atomic mass is 35.5. The minimum atomic E-state index is 0.636. The maximum Gasteiger partial charge on any atom is 0.199 e. The van der Waals surface area contributed by atoms with Gasteiger partial charge in [0, 0.05) is 18.1 Å². The van der Waals surface area contributed by atoms with Gasteiger partial charge in [0.25, 0.3) is 0 Å². The Bertz CT molecular complexity index is 867. The summed E-state index contributed by atoms with van der Waals surface area (Å²) in [5, 5.41) is 7.56. The van der Waals surface area contributed by atoms with Crippen molar-refractivity contribution in [1.82, 2.24) is 19.2 Å². The third-order valence-electron chi connectivity index (χ3n) is 3.70. The van der Waals surface area contributed by atoms with Crippen LogP contribution in [0.15, 0.2) is 41.8 Å². The molecule has 3 rings (SSSR count). The van der Waals surface area contributed by atoms with Crippen molar-refractivity contribution in [2.75, 3.05) is 7.05 Å². The summed E-state index contributed by atoms with van der Waals surface area (Å²) in [6.07, 6.45) is 0. The molecule has 0 unspecified atom stereocenters. The van der Waals surface area contributed by atoms with Crippen LogP contribution in [0.3, 0.4) is 0 Å². The molecule has 3 aromatic rings. The van der Waals surface area contributed by atoms with Crippen LogP contribution in [0.1, 0.15) is 12.5 Å². The van der Waals surface area contributed by atoms with E-state index in [0.29, 0.717) is 6.67 Å². The van der Waals surface area contributed by atoms with Crippen LogP contribution >= 0.6 is 35.2 Å². The molecule has 0 aliphatic rings. The lowest BCUT2D eigenvalue weighted by molar-refractivity contribution is 0.244. The number of nitrogens with zero attached hydrogens (tertiary/aromatic N) is 4. The van der Waals surface area contributed by atoms with Crippen LogP contribution in [-0.4, -0.2) is 26.3 Å². The molecule has 2 heterocycles. The molecule has 0 saturated carbocycles. The van der Waals surface area contributed by atoms with Crippen molar-refractivity contribution < 1.29 is 0 Å². The van der Waals surface area contributed by atoms with Gasteiger partial charge in [-0.1, -0.05) is 29.8 Å². The van der Waals surface area contributed by atoms with Crippen LogP contribution < -0.4 is 0 Å². The fraction of sp³-hybridized carbons (Fsp3) is 0.294. The lowest BCUT2D eigenvalue weighted by Crippen LogP contribution is -2.22. The number of benzene rings is 1. The number of hydrogen-bond donors (Lipinski definition) is 0. The van der Waals surface area contributed by atoms with Crippen molar-refractivity contribution in [1.29, 1.82) is 0 Å². The molecule has 2 aromatic heterocycles. The standard InChI is InChI=1S/C17H19ClN4S2/c1-3-21-16(15-8-5-9-24-15)19-22(17(21)23)12-20(2)11-13-6-4-7-14(18)10-13/h4-10H,3,11-12H2,1-2H3. The molecule has 0 aliphatic carbocycles. The summed E-state index contributed by atoms with van der Waals surface area (Å²) in [7, 11) is 2.05. The summed E-state index contributed by atoms with van der Waals surface area (Å²) >= 11 is 13.3. The number of thiophene rings is 1. The Hall–Kier alpha value is -1.47. The van der Waals surface area contributed by atoms with E-state index >= 15 is 0 Å². The lowest BCUT2D eigenvalue weighted by Gasteiger charge is -2.16. The maximum absolute atomic E-state index is 6.06. The second-order valence-electron chi connectivity index (χ2n) is 5.61. The van der Waals surface area contributed by atoms with Crippen LogP contribution in [0.5, 0.6) is 0 Å². The van der Waals surface area contributed by atoms with Crippen molar-refractivity contribution >= 4 is 35.2 Å². The Kier molecular flexibility index (Phi) is 5.50. The minimum Gasteiger partial charge on any atom is -0.300 e. The van der Waals surface area contributed by atoms with E-state index in [1.54, 1.807) is 11.3 Å². The van der Waals surface area contributed by atoms with Crippen LogP contribution in [-0.2, 0) is 19.8 Å². The van der Waals surface area contributed by atoms with Gasteiger partial charge >= 0.3 is 0 Å². The third-order valence-corrected chi connectivity index (χ3v) is 5.23. The van der Waals surface area contributed by atoms with Crippen molar-refractivity contribution in [3.8, 4) is 10.7 Å². The molecule has 24 heavy (non-hydrogen) atoms. The molecular formula is C17H19ClN4S2. The van der Waals surface area contributed by atoms with E-state index in [1.165, 1.54) is 5.56 Å². The van der Waals surface area contributed by atoms with Crippen LogP contribution in [0, 0.1) is 4.77 Å². The van der Waals surface area contributed by atoms with Crippen molar-refractivity contribution in [2.45, 2.75) is 26.7 Å². The molecule has 1 aromatic carbocycles. The number of hydrogen-bond acceptors (Lipinski definition) is 4. The molecule has 0 bridgehead atoms. The summed E-state index contributed by atoms with van der Waals surface area (Å²) in [5.41, 5.74) is 1.17. The van der Waals surface area contributed by atoms with Crippen LogP contribution in [0.2, 0.25) is 5.02 Å². The topological polar surface area (TPSA) is 26.0 Å². The third kappa shape index (κ3) is 3.78. The van der Waals surface area contributed by atoms with Gasteiger partial charge in [0.2, 0.25) is 0 Å². The first-order chi connectivity index (χ1) is 11.6. The van der Waals surface area contributed by atoms with Gasteiger partial charge in [-0.25, -0.2) is 4.68 Å².